The van der Waals surface area contributed by atoms with E-state index in [-0.39, 0.29) is 5.91 Å². The van der Waals surface area contributed by atoms with Crippen molar-refractivity contribution in [2.75, 3.05) is 13.7 Å². The third-order valence-electron chi connectivity index (χ3n) is 4.11. The first-order chi connectivity index (χ1) is 12.5. The van der Waals surface area contributed by atoms with Crippen LogP contribution in [0.25, 0.3) is 6.08 Å². The number of ether oxygens (including phenoxy) is 1. The summed E-state index contributed by atoms with van der Waals surface area (Å²) in [7, 11) is 1.64. The summed E-state index contributed by atoms with van der Waals surface area (Å²) in [5.74, 6) is 0.683. The normalized spacial score (nSPS) is 11.1. The van der Waals surface area contributed by atoms with E-state index in [1.807, 2.05) is 31.2 Å². The van der Waals surface area contributed by atoms with Crippen molar-refractivity contribution in [3.8, 4) is 5.75 Å². The molecule has 1 heterocycles. The number of carbonyl (C=O) groups excluding carboxylic acids is 1. The van der Waals surface area contributed by atoms with Gasteiger partial charge in [0.2, 0.25) is 5.91 Å². The van der Waals surface area contributed by atoms with Crippen LogP contribution in [0.15, 0.2) is 30.3 Å². The Labute approximate surface area is 160 Å². The molecule has 0 aliphatic heterocycles. The van der Waals surface area contributed by atoms with Crippen molar-refractivity contribution in [3.05, 3.63) is 52.3 Å². The maximum absolute atomic E-state index is 12.0. The van der Waals surface area contributed by atoms with Crippen molar-refractivity contribution in [2.45, 2.75) is 39.7 Å². The molecule has 6 heteroatoms. The Kier molecular flexibility index (Phi) is 7.73. The van der Waals surface area contributed by atoms with Crippen LogP contribution in [0, 0.1) is 6.92 Å². The van der Waals surface area contributed by atoms with Gasteiger partial charge in [0.25, 0.3) is 0 Å². The van der Waals surface area contributed by atoms with Crippen LogP contribution in [0.3, 0.4) is 0 Å². The van der Waals surface area contributed by atoms with Crippen LogP contribution < -0.4 is 10.1 Å². The lowest BCUT2D eigenvalue weighted by Gasteiger charge is -2.04. The molecule has 1 aromatic heterocycles. The zero-order valence-electron chi connectivity index (χ0n) is 15.6. The van der Waals surface area contributed by atoms with E-state index in [4.69, 9.17) is 16.3 Å². The highest BCUT2D eigenvalue weighted by atomic mass is 35.5. The smallest absolute Gasteiger partial charge is 0.244 e. The molecule has 1 aromatic carbocycles. The number of rotatable bonds is 9. The second-order valence-corrected chi connectivity index (χ2v) is 6.45. The average molecular weight is 376 g/mol. The number of unbranched alkanes of at least 4 members (excludes halogenated alkanes) is 1. The third kappa shape index (κ3) is 5.63. The number of carbonyl (C=O) groups is 1. The van der Waals surface area contributed by atoms with Gasteiger partial charge in [0, 0.05) is 24.7 Å². The number of methoxy groups -OCH3 is 1. The quantitative estimate of drug-likeness (QED) is 0.673. The number of hydrogen-bond acceptors (Lipinski definition) is 3. The molecule has 140 valence electrons. The van der Waals surface area contributed by atoms with Crippen LogP contribution in [0.4, 0.5) is 0 Å². The van der Waals surface area contributed by atoms with Crippen LogP contribution >= 0.6 is 11.6 Å². The van der Waals surface area contributed by atoms with Gasteiger partial charge in [-0.2, -0.15) is 5.10 Å². The number of aromatic nitrogens is 2. The Morgan fingerprint density at radius 3 is 2.73 bits per heavy atom. The molecule has 0 saturated heterocycles. The van der Waals surface area contributed by atoms with Gasteiger partial charge in [-0.05, 0) is 43.5 Å². The van der Waals surface area contributed by atoms with Crippen molar-refractivity contribution in [2.24, 2.45) is 0 Å². The lowest BCUT2D eigenvalue weighted by atomic mass is 10.1. The number of amides is 1. The number of hydrogen-bond donors (Lipinski definition) is 1. The number of benzene rings is 1. The predicted molar refractivity (Wildman–Crippen MR) is 106 cm³/mol. The highest BCUT2D eigenvalue weighted by molar-refractivity contribution is 6.31. The fourth-order valence-corrected chi connectivity index (χ4v) is 2.87. The van der Waals surface area contributed by atoms with Crippen LogP contribution in [0.2, 0.25) is 5.15 Å². The summed E-state index contributed by atoms with van der Waals surface area (Å²) in [5, 5.41) is 7.90. The van der Waals surface area contributed by atoms with Gasteiger partial charge in [-0.1, -0.05) is 37.1 Å². The van der Waals surface area contributed by atoms with E-state index in [0.29, 0.717) is 11.7 Å². The van der Waals surface area contributed by atoms with Gasteiger partial charge in [0.1, 0.15) is 10.9 Å². The van der Waals surface area contributed by atoms with E-state index in [1.54, 1.807) is 17.9 Å². The summed E-state index contributed by atoms with van der Waals surface area (Å²) in [6, 6.07) is 7.82. The molecule has 2 rings (SSSR count). The first kappa shape index (κ1) is 20.0. The lowest BCUT2D eigenvalue weighted by Crippen LogP contribution is -2.23. The first-order valence-corrected chi connectivity index (χ1v) is 9.24. The van der Waals surface area contributed by atoms with Crippen LogP contribution in [-0.2, 0) is 17.8 Å². The molecule has 26 heavy (non-hydrogen) atoms. The van der Waals surface area contributed by atoms with E-state index in [0.717, 1.165) is 48.4 Å². The maximum Gasteiger partial charge on any atom is 0.244 e. The minimum absolute atomic E-state index is 0.143. The molecule has 2 aromatic rings. The monoisotopic (exact) mass is 375 g/mol. The molecule has 1 N–H and O–H groups in total. The van der Waals surface area contributed by atoms with Crippen molar-refractivity contribution < 1.29 is 9.53 Å². The molecular weight excluding hydrogens is 350 g/mol. The summed E-state index contributed by atoms with van der Waals surface area (Å²) in [5.41, 5.74) is 2.77. The summed E-state index contributed by atoms with van der Waals surface area (Å²) in [6.45, 7) is 5.38. The van der Waals surface area contributed by atoms with Crippen LogP contribution in [-0.4, -0.2) is 29.3 Å². The highest BCUT2D eigenvalue weighted by Gasteiger charge is 2.10. The summed E-state index contributed by atoms with van der Waals surface area (Å²) >= 11 is 6.37. The van der Waals surface area contributed by atoms with Crippen molar-refractivity contribution in [3.63, 3.8) is 0 Å². The number of nitrogens with zero attached hydrogens (tertiary/aromatic N) is 2. The Bertz CT molecular complexity index is 751. The zero-order chi connectivity index (χ0) is 18.9. The molecule has 5 nitrogen and oxygen atoms in total. The molecule has 0 bridgehead atoms. The maximum atomic E-state index is 12.0. The zero-order valence-corrected chi connectivity index (χ0v) is 16.3. The Morgan fingerprint density at radius 2 is 2.08 bits per heavy atom. The molecule has 0 spiro atoms. The standard InChI is InChI=1S/C20H26ClN3O2/c1-4-5-14-24-20(21)18(15(2)23-24)10-11-19(25)22-13-12-16-6-8-17(26-3)9-7-16/h6-11H,4-5,12-14H2,1-3H3,(H,22,25)/b11-10+. The van der Waals surface area contributed by atoms with Crippen molar-refractivity contribution >= 4 is 23.6 Å². The molecule has 0 saturated carbocycles. The summed E-state index contributed by atoms with van der Waals surface area (Å²) in [4.78, 5) is 12.0. The van der Waals surface area contributed by atoms with Crippen LogP contribution in [0.5, 0.6) is 5.75 Å². The minimum Gasteiger partial charge on any atom is -0.497 e. The van der Waals surface area contributed by atoms with E-state index in [1.165, 1.54) is 6.08 Å². The second kappa shape index (κ2) is 10.0. The number of halogens is 1. The fraction of sp³-hybridized carbons (Fsp3) is 0.400. The Balaban J connectivity index is 1.86. The first-order valence-electron chi connectivity index (χ1n) is 8.87. The Hall–Kier alpha value is -2.27. The fourth-order valence-electron chi connectivity index (χ4n) is 2.55. The molecule has 0 radical (unpaired) electrons. The molecular formula is C20H26ClN3O2. The lowest BCUT2D eigenvalue weighted by molar-refractivity contribution is -0.116. The molecule has 0 aliphatic carbocycles. The summed E-state index contributed by atoms with van der Waals surface area (Å²) < 4.78 is 6.93. The van der Waals surface area contributed by atoms with Gasteiger partial charge in [0.05, 0.1) is 12.8 Å². The molecule has 0 unspecified atom stereocenters. The van der Waals surface area contributed by atoms with Crippen LogP contribution in [0.1, 0.15) is 36.6 Å². The van der Waals surface area contributed by atoms with Gasteiger partial charge >= 0.3 is 0 Å². The Morgan fingerprint density at radius 1 is 1.35 bits per heavy atom. The van der Waals surface area contributed by atoms with Gasteiger partial charge in [0.15, 0.2) is 0 Å². The number of nitrogens with one attached hydrogen (secondary N) is 1. The molecule has 1 amide bonds. The van der Waals surface area contributed by atoms with E-state index < -0.39 is 0 Å². The van der Waals surface area contributed by atoms with Crippen molar-refractivity contribution in [1.29, 1.82) is 0 Å². The molecule has 0 aliphatic rings. The average Bonchev–Trinajstić information content (AvgIpc) is 2.92. The topological polar surface area (TPSA) is 56.2 Å². The third-order valence-corrected chi connectivity index (χ3v) is 4.50. The van der Waals surface area contributed by atoms with E-state index >= 15 is 0 Å². The van der Waals surface area contributed by atoms with Gasteiger partial charge in [-0.15, -0.1) is 0 Å². The number of aryl methyl sites for hydroxylation is 2. The van der Waals surface area contributed by atoms with Gasteiger partial charge in [-0.25, -0.2) is 0 Å². The van der Waals surface area contributed by atoms with Crippen molar-refractivity contribution in [1.82, 2.24) is 15.1 Å². The summed E-state index contributed by atoms with van der Waals surface area (Å²) in [6.07, 6.45) is 6.11. The second-order valence-electron chi connectivity index (χ2n) is 6.09. The minimum atomic E-state index is -0.143. The predicted octanol–water partition coefficient (Wildman–Crippen LogP) is 4.03. The largest absolute Gasteiger partial charge is 0.497 e. The molecule has 0 fully saturated rings. The SMILES string of the molecule is CCCCn1nc(C)c(/C=C/C(=O)NCCc2ccc(OC)cc2)c1Cl. The molecule has 0 atom stereocenters. The van der Waals surface area contributed by atoms with E-state index in [2.05, 4.69) is 17.3 Å². The van der Waals surface area contributed by atoms with E-state index in [9.17, 15) is 4.79 Å². The van der Waals surface area contributed by atoms with Gasteiger partial charge in [-0.3, -0.25) is 9.48 Å². The highest BCUT2D eigenvalue weighted by Crippen LogP contribution is 2.21. The van der Waals surface area contributed by atoms with Gasteiger partial charge < -0.3 is 10.1 Å².